The maximum atomic E-state index is 12.3. The van der Waals surface area contributed by atoms with Gasteiger partial charge in [0.15, 0.2) is 11.1 Å². The average Bonchev–Trinajstić information content (AvgIpc) is 3.62. The van der Waals surface area contributed by atoms with Crippen LogP contribution in [0.3, 0.4) is 0 Å². The SMILES string of the molecule is C=C1CN2C(=O)CC3(CC3)C2(C(=O)OCC)C1.C=C1CN2C(=O)CC3(CC3)[C@@]2(C(=O)OCC)C1. The van der Waals surface area contributed by atoms with Gasteiger partial charge in [-0.1, -0.05) is 24.3 Å². The lowest BCUT2D eigenvalue weighted by molar-refractivity contribution is -0.160. The van der Waals surface area contributed by atoms with Crippen molar-refractivity contribution in [2.45, 2.75) is 76.3 Å². The Morgan fingerprint density at radius 1 is 0.735 bits per heavy atom. The Bertz CT molecular complexity index is 929. The second-order valence-electron chi connectivity index (χ2n) is 10.9. The van der Waals surface area contributed by atoms with Crippen LogP contribution < -0.4 is 0 Å². The number of hydrogen-bond donors (Lipinski definition) is 0. The maximum Gasteiger partial charge on any atom is 0.333 e. The van der Waals surface area contributed by atoms with Gasteiger partial charge in [-0.2, -0.15) is 0 Å². The predicted octanol–water partition coefficient (Wildman–Crippen LogP) is 2.52. The van der Waals surface area contributed by atoms with Crippen LogP contribution >= 0.6 is 0 Å². The predicted molar refractivity (Wildman–Crippen MR) is 122 cm³/mol. The third-order valence-electron chi connectivity index (χ3n) is 8.97. The molecule has 6 rings (SSSR count). The molecule has 0 aromatic rings. The molecule has 34 heavy (non-hydrogen) atoms. The van der Waals surface area contributed by atoms with E-state index in [0.717, 1.165) is 36.8 Å². The summed E-state index contributed by atoms with van der Waals surface area (Å²) >= 11 is 0. The Balaban J connectivity index is 0.000000142. The van der Waals surface area contributed by atoms with E-state index in [4.69, 9.17) is 9.47 Å². The number of amides is 2. The largest absolute Gasteiger partial charge is 0.464 e. The number of carbonyl (C=O) groups is 4. The van der Waals surface area contributed by atoms with Crippen molar-refractivity contribution in [1.82, 2.24) is 9.80 Å². The summed E-state index contributed by atoms with van der Waals surface area (Å²) in [6.45, 7) is 13.3. The van der Waals surface area contributed by atoms with Crippen molar-refractivity contribution in [2.24, 2.45) is 10.8 Å². The van der Waals surface area contributed by atoms with Gasteiger partial charge in [-0.3, -0.25) is 9.59 Å². The molecule has 0 aromatic carbocycles. The van der Waals surface area contributed by atoms with E-state index in [1.165, 1.54) is 0 Å². The molecule has 4 aliphatic heterocycles. The molecule has 1 unspecified atom stereocenters. The van der Waals surface area contributed by atoms with Crippen LogP contribution in [0.4, 0.5) is 0 Å². The number of esters is 2. The summed E-state index contributed by atoms with van der Waals surface area (Å²) in [6, 6.07) is 0. The van der Waals surface area contributed by atoms with Crippen LogP contribution in [0.15, 0.2) is 24.3 Å². The van der Waals surface area contributed by atoms with Crippen LogP contribution in [0.25, 0.3) is 0 Å². The van der Waals surface area contributed by atoms with Crippen molar-refractivity contribution in [2.75, 3.05) is 26.3 Å². The van der Waals surface area contributed by atoms with Crippen molar-refractivity contribution >= 4 is 23.8 Å². The molecule has 4 saturated heterocycles. The Morgan fingerprint density at radius 3 is 1.38 bits per heavy atom. The number of hydrogen-bond acceptors (Lipinski definition) is 6. The molecule has 2 atom stereocenters. The summed E-state index contributed by atoms with van der Waals surface area (Å²) in [5, 5.41) is 0. The normalized spacial score (nSPS) is 33.1. The van der Waals surface area contributed by atoms with E-state index in [-0.39, 0.29) is 34.6 Å². The second-order valence-corrected chi connectivity index (χ2v) is 10.9. The third-order valence-corrected chi connectivity index (χ3v) is 8.97. The fourth-order valence-electron chi connectivity index (χ4n) is 7.14. The smallest absolute Gasteiger partial charge is 0.333 e. The lowest BCUT2D eigenvalue weighted by atomic mass is 9.79. The molecule has 6 aliphatic rings. The summed E-state index contributed by atoms with van der Waals surface area (Å²) in [5.74, 6) is -0.257. The molecule has 2 spiro atoms. The molecule has 8 nitrogen and oxygen atoms in total. The molecule has 4 heterocycles. The van der Waals surface area contributed by atoms with Crippen LogP contribution in [-0.4, -0.2) is 70.9 Å². The molecule has 2 amide bonds. The standard InChI is InChI=1S/2C13H17NO3/c2*1-3-17-11(16)13-6-9(2)8-14(13)10(15)7-12(13)4-5-12/h2*2-8H2,1H3/t13-;/m0./s1. The van der Waals surface area contributed by atoms with Gasteiger partial charge in [-0.05, 0) is 39.5 Å². The fourth-order valence-corrected chi connectivity index (χ4v) is 7.14. The van der Waals surface area contributed by atoms with Crippen molar-refractivity contribution in [3.05, 3.63) is 24.3 Å². The van der Waals surface area contributed by atoms with Crippen LogP contribution in [-0.2, 0) is 28.7 Å². The summed E-state index contributed by atoms with van der Waals surface area (Å²) in [6.07, 6.45) is 6.05. The molecule has 2 saturated carbocycles. The molecular weight excluding hydrogens is 436 g/mol. The first-order valence-corrected chi connectivity index (χ1v) is 12.4. The first-order valence-electron chi connectivity index (χ1n) is 12.4. The van der Waals surface area contributed by atoms with Crippen molar-refractivity contribution in [3.8, 4) is 0 Å². The zero-order valence-corrected chi connectivity index (χ0v) is 20.2. The quantitative estimate of drug-likeness (QED) is 0.463. The van der Waals surface area contributed by atoms with Crippen LogP contribution in [0.2, 0.25) is 0 Å². The Hall–Kier alpha value is -2.64. The maximum absolute atomic E-state index is 12.3. The van der Waals surface area contributed by atoms with E-state index in [1.54, 1.807) is 23.6 Å². The third kappa shape index (κ3) is 2.83. The molecule has 2 aliphatic carbocycles. The van der Waals surface area contributed by atoms with Crippen molar-refractivity contribution in [1.29, 1.82) is 0 Å². The molecule has 6 fully saturated rings. The highest BCUT2D eigenvalue weighted by atomic mass is 16.5. The highest BCUT2D eigenvalue weighted by molar-refractivity contribution is 5.97. The van der Waals surface area contributed by atoms with Crippen LogP contribution in [0.1, 0.15) is 65.2 Å². The van der Waals surface area contributed by atoms with Gasteiger partial charge < -0.3 is 19.3 Å². The Kier molecular flexibility index (Phi) is 5.05. The Morgan fingerprint density at radius 2 is 1.09 bits per heavy atom. The lowest BCUT2D eigenvalue weighted by Gasteiger charge is -2.34. The van der Waals surface area contributed by atoms with E-state index in [0.29, 0.717) is 52.0 Å². The molecule has 0 N–H and O–H groups in total. The zero-order chi connectivity index (χ0) is 24.5. The fraction of sp³-hybridized carbons (Fsp3) is 0.692. The van der Waals surface area contributed by atoms with Crippen molar-refractivity contribution in [3.63, 3.8) is 0 Å². The first-order chi connectivity index (χ1) is 16.1. The van der Waals surface area contributed by atoms with Gasteiger partial charge >= 0.3 is 11.9 Å². The molecule has 8 heteroatoms. The second kappa shape index (κ2) is 7.43. The van der Waals surface area contributed by atoms with Crippen molar-refractivity contribution < 1.29 is 28.7 Å². The first kappa shape index (κ1) is 23.1. The van der Waals surface area contributed by atoms with Gasteiger partial charge in [-0.25, -0.2) is 9.59 Å². The summed E-state index contributed by atoms with van der Waals surface area (Å²) in [7, 11) is 0. The topological polar surface area (TPSA) is 93.2 Å². The molecule has 184 valence electrons. The minimum atomic E-state index is -0.711. The summed E-state index contributed by atoms with van der Waals surface area (Å²) in [4.78, 5) is 52.2. The molecule has 0 bridgehead atoms. The number of fused-ring (bicyclic) bond motifs is 4. The van der Waals surface area contributed by atoms with Crippen LogP contribution in [0.5, 0.6) is 0 Å². The minimum absolute atomic E-state index is 0.0919. The number of ether oxygens (including phenoxy) is 2. The number of carbonyl (C=O) groups excluding carboxylic acids is 4. The molecule has 0 radical (unpaired) electrons. The lowest BCUT2D eigenvalue weighted by Crippen LogP contribution is -2.53. The van der Waals surface area contributed by atoms with Gasteiger partial charge in [0.25, 0.3) is 0 Å². The van der Waals surface area contributed by atoms with E-state index in [1.807, 2.05) is 0 Å². The van der Waals surface area contributed by atoms with Crippen LogP contribution in [0, 0.1) is 10.8 Å². The number of rotatable bonds is 4. The van der Waals surface area contributed by atoms with Gasteiger partial charge in [0.2, 0.25) is 11.8 Å². The molecular formula is C26H34N2O6. The highest BCUT2D eigenvalue weighted by Gasteiger charge is 2.75. The Labute approximate surface area is 200 Å². The van der Waals surface area contributed by atoms with Gasteiger partial charge in [0, 0.05) is 49.6 Å². The zero-order valence-electron chi connectivity index (χ0n) is 20.2. The summed E-state index contributed by atoms with van der Waals surface area (Å²) in [5.41, 5.74) is 0.231. The van der Waals surface area contributed by atoms with E-state index in [2.05, 4.69) is 13.2 Å². The van der Waals surface area contributed by atoms with E-state index < -0.39 is 11.1 Å². The van der Waals surface area contributed by atoms with E-state index in [9.17, 15) is 19.2 Å². The minimum Gasteiger partial charge on any atom is -0.464 e. The van der Waals surface area contributed by atoms with Gasteiger partial charge in [0.1, 0.15) is 0 Å². The average molecular weight is 471 g/mol. The van der Waals surface area contributed by atoms with Gasteiger partial charge in [0.05, 0.1) is 13.2 Å². The monoisotopic (exact) mass is 470 g/mol. The number of nitrogens with zero attached hydrogens (tertiary/aromatic N) is 2. The highest BCUT2D eigenvalue weighted by Crippen LogP contribution is 2.68. The van der Waals surface area contributed by atoms with E-state index >= 15 is 0 Å². The molecule has 0 aromatic heterocycles. The van der Waals surface area contributed by atoms with Gasteiger partial charge in [-0.15, -0.1) is 0 Å². The summed E-state index contributed by atoms with van der Waals surface area (Å²) < 4.78 is 10.5.